The van der Waals surface area contributed by atoms with Crippen molar-refractivity contribution in [3.8, 4) is 11.1 Å². The molecule has 3 heterocycles. The Balaban J connectivity index is 1.06. The number of sulfone groups is 1. The van der Waals surface area contributed by atoms with Crippen molar-refractivity contribution < 1.29 is 37.1 Å². The molecule has 2 atom stereocenters. The predicted molar refractivity (Wildman–Crippen MR) is 222 cm³/mol. The van der Waals surface area contributed by atoms with Gasteiger partial charge in [0.25, 0.3) is 11.8 Å². The fourth-order valence-corrected chi connectivity index (χ4v) is 9.63. The second-order valence-electron chi connectivity index (χ2n) is 15.3. The average molecular weight is 813 g/mol. The third kappa shape index (κ3) is 7.85. The van der Waals surface area contributed by atoms with Crippen LogP contribution in [0.2, 0.25) is 0 Å². The van der Waals surface area contributed by atoms with Gasteiger partial charge in [-0.2, -0.15) is 0 Å². The molecule has 2 aliphatic rings. The summed E-state index contributed by atoms with van der Waals surface area (Å²) in [6, 6.07) is 38.8. The summed E-state index contributed by atoms with van der Waals surface area (Å²) in [5, 5.41) is 3.70. The minimum absolute atomic E-state index is 0.0504. The van der Waals surface area contributed by atoms with Crippen LogP contribution in [0.15, 0.2) is 145 Å². The molecule has 13 heteroatoms. The molecule has 0 spiro atoms. The minimum Gasteiger partial charge on any atom is -0.451 e. The van der Waals surface area contributed by atoms with Gasteiger partial charge in [-0.1, -0.05) is 121 Å². The number of benzene rings is 4. The van der Waals surface area contributed by atoms with Crippen LogP contribution < -0.4 is 10.6 Å². The molecule has 4 aromatic carbocycles. The van der Waals surface area contributed by atoms with E-state index in [0.717, 1.165) is 21.6 Å². The summed E-state index contributed by atoms with van der Waals surface area (Å²) < 4.78 is 38.6. The lowest BCUT2D eigenvalue weighted by molar-refractivity contribution is -0.160. The Morgan fingerprint density at radius 1 is 0.763 bits per heavy atom. The first-order valence-electron chi connectivity index (χ1n) is 19.2. The zero-order valence-corrected chi connectivity index (χ0v) is 33.8. The van der Waals surface area contributed by atoms with Gasteiger partial charge in [0.2, 0.25) is 0 Å². The summed E-state index contributed by atoms with van der Waals surface area (Å²) >= 11 is 0. The fourth-order valence-electron chi connectivity index (χ4n) is 7.49. The van der Waals surface area contributed by atoms with Crippen molar-refractivity contribution in [1.82, 2.24) is 20.5 Å². The van der Waals surface area contributed by atoms with Gasteiger partial charge >= 0.3 is 12.1 Å². The van der Waals surface area contributed by atoms with Crippen LogP contribution in [0.25, 0.3) is 16.7 Å². The zero-order chi connectivity index (χ0) is 42.0. The summed E-state index contributed by atoms with van der Waals surface area (Å²) in [5.74, 6) is -2.49. The molecule has 3 amide bonds. The third-order valence-electron chi connectivity index (χ3n) is 10.7. The number of amides is 3. The number of fused-ring (bicyclic) bond motifs is 1. The number of hydrogen-bond donors (Lipinski definition) is 2. The first-order chi connectivity index (χ1) is 28.2. The van der Waals surface area contributed by atoms with Crippen molar-refractivity contribution >= 4 is 39.3 Å². The van der Waals surface area contributed by atoms with E-state index in [1.54, 1.807) is 74.5 Å². The molecule has 0 unspecified atom stereocenters. The van der Waals surface area contributed by atoms with Crippen LogP contribution in [0.3, 0.4) is 0 Å². The fraction of sp³-hybridized carbons (Fsp3) is 0.239. The van der Waals surface area contributed by atoms with E-state index in [2.05, 4.69) is 15.6 Å². The summed E-state index contributed by atoms with van der Waals surface area (Å²) in [6.07, 6.45) is -0.185. The molecule has 2 fully saturated rings. The van der Waals surface area contributed by atoms with Crippen LogP contribution in [0.1, 0.15) is 56.2 Å². The van der Waals surface area contributed by atoms with Crippen LogP contribution in [-0.4, -0.2) is 71.4 Å². The Hall–Kier alpha value is -6.60. The van der Waals surface area contributed by atoms with Crippen molar-refractivity contribution in [2.45, 2.75) is 55.6 Å². The standard InChI is InChI=1S/C46H44N4O8S/c1-45(2,34-25-23-31(24-26-34)30-16-8-5-9-17-30)58-44(54)49-29-28-48-40(51)36(35-22-14-15-27-47-35)37-41(52)50-39(46(3,4)59(55,56)42(37)50)43(53)57-38(32-18-10-6-11-19-32)33-20-12-7-13-21-33/h5-27,38-39,42H,28-29H2,1-4H3,(H,48,51)(H,49,54)/t39-,42+/m0/s1. The van der Waals surface area contributed by atoms with E-state index in [1.165, 1.54) is 26.1 Å². The molecule has 2 saturated heterocycles. The number of carbonyl (C=O) groups excluding carboxylic acids is 4. The Kier molecular flexibility index (Phi) is 11.2. The second kappa shape index (κ2) is 16.3. The van der Waals surface area contributed by atoms with Gasteiger partial charge in [-0.3, -0.25) is 14.6 Å². The molecule has 59 heavy (non-hydrogen) atoms. The van der Waals surface area contributed by atoms with Crippen molar-refractivity contribution in [2.24, 2.45) is 0 Å². The van der Waals surface area contributed by atoms with Crippen LogP contribution in [0, 0.1) is 0 Å². The molecular weight excluding hydrogens is 769 g/mol. The first-order valence-corrected chi connectivity index (χ1v) is 20.7. The quantitative estimate of drug-likeness (QED) is 0.0633. The summed E-state index contributed by atoms with van der Waals surface area (Å²) in [6.45, 7) is 6.14. The largest absolute Gasteiger partial charge is 0.451 e. The first kappa shape index (κ1) is 40.6. The number of alkyl carbamates (subject to hydrolysis) is 1. The van der Waals surface area contributed by atoms with Crippen LogP contribution in [-0.2, 0) is 39.3 Å². The van der Waals surface area contributed by atoms with E-state index < -0.39 is 61.6 Å². The highest BCUT2D eigenvalue weighted by atomic mass is 32.2. The molecule has 0 saturated carbocycles. The number of esters is 1. The number of carbonyl (C=O) groups is 4. The van der Waals surface area contributed by atoms with E-state index >= 15 is 0 Å². The number of nitrogens with one attached hydrogen (secondary N) is 2. The van der Waals surface area contributed by atoms with Crippen molar-refractivity contribution in [1.29, 1.82) is 0 Å². The number of aromatic nitrogens is 1. The lowest BCUT2D eigenvalue weighted by atomic mass is 9.91. The zero-order valence-electron chi connectivity index (χ0n) is 33.0. The molecule has 0 aliphatic carbocycles. The minimum atomic E-state index is -4.32. The van der Waals surface area contributed by atoms with Crippen LogP contribution in [0.5, 0.6) is 0 Å². The molecule has 12 nitrogen and oxygen atoms in total. The van der Waals surface area contributed by atoms with E-state index in [-0.39, 0.29) is 29.9 Å². The predicted octanol–water partition coefficient (Wildman–Crippen LogP) is 6.36. The second-order valence-corrected chi connectivity index (χ2v) is 17.9. The maximum atomic E-state index is 14.3. The Labute approximate surface area is 343 Å². The van der Waals surface area contributed by atoms with E-state index in [9.17, 15) is 27.6 Å². The molecule has 0 bridgehead atoms. The molecule has 0 radical (unpaired) electrons. The molecule has 5 aromatic rings. The van der Waals surface area contributed by atoms with Crippen LogP contribution >= 0.6 is 0 Å². The van der Waals surface area contributed by atoms with Crippen molar-refractivity contribution in [2.75, 3.05) is 13.1 Å². The SMILES string of the molecule is CC(C)(OC(=O)NCCNC(=O)C(=C1C(=O)N2[C@@H](C(=O)OC(c3ccccc3)c3ccccc3)C(C)(C)S(=O)(=O)[C@H]12)c1ccccn1)c1ccc(-c2ccccc2)cc1. The van der Waals surface area contributed by atoms with Gasteiger partial charge in [-0.25, -0.2) is 18.0 Å². The molecule has 7 rings (SSSR count). The number of hydrogen-bond acceptors (Lipinski definition) is 9. The summed E-state index contributed by atoms with van der Waals surface area (Å²) in [7, 11) is -4.32. The lowest BCUT2D eigenvalue weighted by Gasteiger charge is -2.40. The average Bonchev–Trinajstić information content (AvgIpc) is 3.39. The smallest absolute Gasteiger partial charge is 0.408 e. The van der Waals surface area contributed by atoms with Gasteiger partial charge in [-0.15, -0.1) is 0 Å². The monoisotopic (exact) mass is 812 g/mol. The van der Waals surface area contributed by atoms with Gasteiger partial charge in [0, 0.05) is 19.3 Å². The molecule has 2 N–H and O–H groups in total. The summed E-state index contributed by atoms with van der Waals surface area (Å²) in [4.78, 5) is 60.4. The molecule has 302 valence electrons. The van der Waals surface area contributed by atoms with E-state index in [0.29, 0.717) is 11.1 Å². The van der Waals surface area contributed by atoms with Gasteiger partial charge in [0.15, 0.2) is 27.4 Å². The van der Waals surface area contributed by atoms with E-state index in [1.807, 2.05) is 66.7 Å². The topological polar surface area (TPSA) is 161 Å². The Morgan fingerprint density at radius 3 is 1.88 bits per heavy atom. The van der Waals surface area contributed by atoms with Gasteiger partial charge in [0.05, 0.1) is 16.8 Å². The highest BCUT2D eigenvalue weighted by molar-refractivity contribution is 7.94. The van der Waals surface area contributed by atoms with Gasteiger partial charge < -0.3 is 25.0 Å². The Bertz CT molecular complexity index is 2450. The normalized spacial score (nSPS) is 18.6. The third-order valence-corrected chi connectivity index (χ3v) is 13.5. The highest BCUT2D eigenvalue weighted by Gasteiger charge is 2.71. The maximum Gasteiger partial charge on any atom is 0.408 e. The molecular formula is C46H44N4O8S. The van der Waals surface area contributed by atoms with Crippen LogP contribution in [0.4, 0.5) is 4.79 Å². The lowest BCUT2D eigenvalue weighted by Crippen LogP contribution is -2.60. The van der Waals surface area contributed by atoms with Gasteiger partial charge in [-0.05, 0) is 67.6 Å². The van der Waals surface area contributed by atoms with Crippen molar-refractivity contribution in [3.63, 3.8) is 0 Å². The Morgan fingerprint density at radius 2 is 1.31 bits per heavy atom. The number of β-lactam (4-membered cyclic amide) rings is 1. The summed E-state index contributed by atoms with van der Waals surface area (Å²) in [5.41, 5.74) is 2.71. The van der Waals surface area contributed by atoms with E-state index in [4.69, 9.17) is 9.47 Å². The van der Waals surface area contributed by atoms with Gasteiger partial charge in [0.1, 0.15) is 10.3 Å². The molecule has 2 aliphatic heterocycles. The highest BCUT2D eigenvalue weighted by Crippen LogP contribution is 2.51. The van der Waals surface area contributed by atoms with Crippen molar-refractivity contribution in [3.05, 3.63) is 168 Å². The number of nitrogens with zero attached hydrogens (tertiary/aromatic N) is 2. The molecule has 1 aromatic heterocycles. The maximum absolute atomic E-state index is 14.3. The number of pyridine rings is 1. The number of ether oxygens (including phenoxy) is 2. The number of rotatable bonds is 12.